The van der Waals surface area contributed by atoms with Crippen molar-refractivity contribution in [2.24, 2.45) is 5.92 Å². The lowest BCUT2D eigenvalue weighted by atomic mass is 10.1. The highest BCUT2D eigenvalue weighted by Gasteiger charge is 2.27. The number of hydrogen-bond acceptors (Lipinski definition) is 3. The molecule has 1 aliphatic heterocycles. The van der Waals surface area contributed by atoms with Crippen LogP contribution in [0.15, 0.2) is 24.3 Å². The van der Waals surface area contributed by atoms with Gasteiger partial charge in [0.05, 0.1) is 0 Å². The van der Waals surface area contributed by atoms with Crippen LogP contribution < -0.4 is 5.32 Å². The van der Waals surface area contributed by atoms with Crippen LogP contribution in [0.1, 0.15) is 25.5 Å². The number of piperazine rings is 1. The molecule has 4 nitrogen and oxygen atoms in total. The van der Waals surface area contributed by atoms with Crippen LogP contribution in [0.3, 0.4) is 0 Å². The van der Waals surface area contributed by atoms with Crippen LogP contribution >= 0.6 is 36.4 Å². The second kappa shape index (κ2) is 11.2. The van der Waals surface area contributed by atoms with E-state index in [9.17, 15) is 4.79 Å². The van der Waals surface area contributed by atoms with E-state index in [2.05, 4.69) is 23.2 Å². The van der Waals surface area contributed by atoms with Gasteiger partial charge in [-0.1, -0.05) is 36.7 Å². The number of carbonyl (C=O) groups is 1. The second-order valence-electron chi connectivity index (χ2n) is 6.02. The lowest BCUT2D eigenvalue weighted by Gasteiger charge is -2.39. The maximum atomic E-state index is 12.3. The topological polar surface area (TPSA) is 35.6 Å². The second-order valence-corrected chi connectivity index (χ2v) is 6.42. The van der Waals surface area contributed by atoms with Crippen molar-refractivity contribution in [1.82, 2.24) is 15.1 Å². The summed E-state index contributed by atoms with van der Waals surface area (Å²) in [6.45, 7) is 8.27. The Morgan fingerprint density at radius 2 is 1.75 bits per heavy atom. The molecule has 0 saturated carbocycles. The van der Waals surface area contributed by atoms with E-state index in [4.69, 9.17) is 11.6 Å². The maximum absolute atomic E-state index is 12.3. The first kappa shape index (κ1) is 23.5. The van der Waals surface area contributed by atoms with E-state index in [0.717, 1.165) is 43.3 Å². The molecule has 1 aromatic carbocycles. The highest BCUT2D eigenvalue weighted by atomic mass is 35.5. The van der Waals surface area contributed by atoms with Crippen molar-refractivity contribution >= 4 is 42.3 Å². The van der Waals surface area contributed by atoms with Crippen molar-refractivity contribution in [1.29, 1.82) is 0 Å². The molecular weight excluding hydrogens is 369 g/mol. The number of nitrogens with zero attached hydrogens (tertiary/aromatic N) is 2. The average Bonchev–Trinajstić information content (AvgIpc) is 2.54. The minimum atomic E-state index is 0. The molecule has 0 aliphatic carbocycles. The molecule has 1 aromatic rings. The molecule has 24 heavy (non-hydrogen) atoms. The van der Waals surface area contributed by atoms with E-state index >= 15 is 0 Å². The standard InChI is InChI=1S/C17H26ClN3O.2ClH/c1-13(12-19-3)17(22)21-10-8-20(9-11-21)14(2)15-6-4-5-7-16(15)18;;/h4-7,13-14,19H,8-12H2,1-3H3;2*1H. The van der Waals surface area contributed by atoms with Gasteiger partial charge in [-0.05, 0) is 25.6 Å². The van der Waals surface area contributed by atoms with E-state index in [1.807, 2.05) is 37.1 Å². The summed E-state index contributed by atoms with van der Waals surface area (Å²) in [6.07, 6.45) is 0. The molecule has 0 spiro atoms. The third-order valence-electron chi connectivity index (χ3n) is 4.46. The van der Waals surface area contributed by atoms with Gasteiger partial charge in [-0.25, -0.2) is 0 Å². The van der Waals surface area contributed by atoms with Crippen LogP contribution in [0.5, 0.6) is 0 Å². The maximum Gasteiger partial charge on any atom is 0.226 e. The molecule has 1 fully saturated rings. The Kier molecular flexibility index (Phi) is 10.9. The fraction of sp³-hybridized carbons (Fsp3) is 0.588. The predicted molar refractivity (Wildman–Crippen MR) is 106 cm³/mol. The van der Waals surface area contributed by atoms with E-state index < -0.39 is 0 Å². The fourth-order valence-electron chi connectivity index (χ4n) is 3.05. The van der Waals surface area contributed by atoms with Gasteiger partial charge in [-0.2, -0.15) is 0 Å². The van der Waals surface area contributed by atoms with Gasteiger partial charge in [-0.3, -0.25) is 9.69 Å². The van der Waals surface area contributed by atoms with Gasteiger partial charge in [0.2, 0.25) is 5.91 Å². The van der Waals surface area contributed by atoms with E-state index in [-0.39, 0.29) is 42.7 Å². The van der Waals surface area contributed by atoms with Crippen molar-refractivity contribution in [3.63, 3.8) is 0 Å². The van der Waals surface area contributed by atoms with Crippen LogP contribution in [0, 0.1) is 5.92 Å². The Morgan fingerprint density at radius 1 is 1.17 bits per heavy atom. The van der Waals surface area contributed by atoms with Gasteiger partial charge in [0, 0.05) is 49.7 Å². The Bertz CT molecular complexity index is 508. The molecule has 2 rings (SSSR count). The van der Waals surface area contributed by atoms with Crippen molar-refractivity contribution in [3.8, 4) is 0 Å². The molecule has 2 unspecified atom stereocenters. The zero-order valence-corrected chi connectivity index (χ0v) is 16.9. The summed E-state index contributed by atoms with van der Waals surface area (Å²) in [4.78, 5) is 16.7. The Morgan fingerprint density at radius 3 is 2.29 bits per heavy atom. The monoisotopic (exact) mass is 395 g/mol. The molecule has 1 saturated heterocycles. The number of carbonyl (C=O) groups excluding carboxylic acids is 1. The first-order valence-corrected chi connectivity index (χ1v) is 8.34. The van der Waals surface area contributed by atoms with Crippen LogP contribution in [-0.2, 0) is 4.79 Å². The summed E-state index contributed by atoms with van der Waals surface area (Å²) in [5.41, 5.74) is 1.16. The first-order chi connectivity index (χ1) is 10.5. The van der Waals surface area contributed by atoms with Gasteiger partial charge >= 0.3 is 0 Å². The minimum absolute atomic E-state index is 0. The van der Waals surface area contributed by atoms with Gasteiger partial charge in [-0.15, -0.1) is 24.8 Å². The number of benzene rings is 1. The summed E-state index contributed by atoms with van der Waals surface area (Å²) in [7, 11) is 1.88. The van der Waals surface area contributed by atoms with Crippen LogP contribution in [0.25, 0.3) is 0 Å². The van der Waals surface area contributed by atoms with Gasteiger partial charge < -0.3 is 10.2 Å². The molecule has 1 heterocycles. The number of rotatable bonds is 5. The Balaban J connectivity index is 0.00000264. The van der Waals surface area contributed by atoms with E-state index in [1.165, 1.54) is 0 Å². The quantitative estimate of drug-likeness (QED) is 0.830. The van der Waals surface area contributed by atoms with Crippen molar-refractivity contribution in [3.05, 3.63) is 34.9 Å². The molecule has 0 bridgehead atoms. The van der Waals surface area contributed by atoms with Crippen molar-refractivity contribution < 1.29 is 4.79 Å². The third kappa shape index (κ3) is 5.78. The predicted octanol–water partition coefficient (Wildman–Crippen LogP) is 3.24. The molecule has 7 heteroatoms. The van der Waals surface area contributed by atoms with E-state index in [0.29, 0.717) is 0 Å². The molecule has 1 N–H and O–H groups in total. The lowest BCUT2D eigenvalue weighted by molar-refractivity contribution is -0.136. The third-order valence-corrected chi connectivity index (χ3v) is 4.81. The summed E-state index contributed by atoms with van der Waals surface area (Å²) in [6, 6.07) is 8.28. The molecular formula is C17H28Cl3N3O. The number of amides is 1. The minimum Gasteiger partial charge on any atom is -0.340 e. The molecule has 2 atom stereocenters. The molecule has 0 aromatic heterocycles. The molecule has 1 aliphatic rings. The average molecular weight is 397 g/mol. The fourth-order valence-corrected chi connectivity index (χ4v) is 3.34. The number of hydrogen-bond donors (Lipinski definition) is 1. The zero-order valence-electron chi connectivity index (χ0n) is 14.5. The molecule has 138 valence electrons. The number of halogens is 3. The molecule has 0 radical (unpaired) electrons. The van der Waals surface area contributed by atoms with Crippen molar-refractivity contribution in [2.45, 2.75) is 19.9 Å². The summed E-state index contributed by atoms with van der Waals surface area (Å²) >= 11 is 6.30. The number of nitrogens with one attached hydrogen (secondary N) is 1. The van der Waals surface area contributed by atoms with Gasteiger partial charge in [0.1, 0.15) is 0 Å². The Hall–Kier alpha value is -0.520. The van der Waals surface area contributed by atoms with E-state index in [1.54, 1.807) is 0 Å². The largest absolute Gasteiger partial charge is 0.340 e. The summed E-state index contributed by atoms with van der Waals surface area (Å²) in [5.74, 6) is 0.289. The SMILES string of the molecule is CNCC(C)C(=O)N1CCN(C(C)c2ccccc2Cl)CC1.Cl.Cl. The van der Waals surface area contributed by atoms with Crippen molar-refractivity contribution in [2.75, 3.05) is 39.8 Å². The van der Waals surface area contributed by atoms with Crippen LogP contribution in [-0.4, -0.2) is 55.5 Å². The smallest absolute Gasteiger partial charge is 0.226 e. The lowest BCUT2D eigenvalue weighted by Crippen LogP contribution is -2.51. The summed E-state index contributed by atoms with van der Waals surface area (Å²) in [5, 5.41) is 3.89. The van der Waals surface area contributed by atoms with Gasteiger partial charge in [0.15, 0.2) is 0 Å². The molecule has 1 amide bonds. The van der Waals surface area contributed by atoms with Gasteiger partial charge in [0.25, 0.3) is 0 Å². The highest BCUT2D eigenvalue weighted by molar-refractivity contribution is 6.31. The van der Waals surface area contributed by atoms with Crippen LogP contribution in [0.2, 0.25) is 5.02 Å². The normalized spacial score (nSPS) is 17.4. The highest BCUT2D eigenvalue weighted by Crippen LogP contribution is 2.27. The van der Waals surface area contributed by atoms with Crippen LogP contribution in [0.4, 0.5) is 0 Å². The first-order valence-electron chi connectivity index (χ1n) is 7.96. The Labute approximate surface area is 162 Å². The zero-order chi connectivity index (χ0) is 16.1. The summed E-state index contributed by atoms with van der Waals surface area (Å²) < 4.78 is 0.